The number of hydrogen-bond donors (Lipinski definition) is 2. The van der Waals surface area contributed by atoms with E-state index in [9.17, 15) is 4.79 Å². The van der Waals surface area contributed by atoms with E-state index in [4.69, 9.17) is 0 Å². The Morgan fingerprint density at radius 2 is 2.18 bits per heavy atom. The number of hydrogen-bond acceptors (Lipinski definition) is 3. The summed E-state index contributed by atoms with van der Waals surface area (Å²) in [5.41, 5.74) is 1.88. The summed E-state index contributed by atoms with van der Waals surface area (Å²) in [6, 6.07) is 7.47. The normalized spacial score (nSPS) is 10.3. The zero-order valence-electron chi connectivity index (χ0n) is 9.03. The van der Waals surface area contributed by atoms with Crippen molar-refractivity contribution in [1.29, 1.82) is 0 Å². The Labute approximate surface area is 118 Å². The molecule has 17 heavy (non-hydrogen) atoms. The molecule has 2 aromatic rings. The van der Waals surface area contributed by atoms with E-state index >= 15 is 0 Å². The number of thiol groups is 1. The fourth-order valence-corrected chi connectivity index (χ4v) is 2.65. The van der Waals surface area contributed by atoms with Crippen LogP contribution >= 0.6 is 39.9 Å². The summed E-state index contributed by atoms with van der Waals surface area (Å²) in [7, 11) is 0. The lowest BCUT2D eigenvalue weighted by Crippen LogP contribution is -2.10. The number of carbonyl (C=O) groups is 1. The maximum absolute atomic E-state index is 11.9. The van der Waals surface area contributed by atoms with Crippen LogP contribution in [0.5, 0.6) is 0 Å². The molecule has 0 spiro atoms. The van der Waals surface area contributed by atoms with E-state index in [0.717, 1.165) is 20.6 Å². The predicted octanol–water partition coefficient (Wildman–Crippen LogP) is 4.36. The summed E-state index contributed by atoms with van der Waals surface area (Å²) in [5.74, 6) is -0.1000. The first-order chi connectivity index (χ1) is 8.06. The first kappa shape index (κ1) is 12.7. The van der Waals surface area contributed by atoms with Gasteiger partial charge in [-0.2, -0.15) is 0 Å². The largest absolute Gasteiger partial charge is 0.321 e. The molecule has 0 saturated heterocycles. The molecule has 0 atom stereocenters. The van der Waals surface area contributed by atoms with Crippen molar-refractivity contribution in [3.8, 4) is 0 Å². The van der Waals surface area contributed by atoms with E-state index in [2.05, 4.69) is 33.9 Å². The number of amides is 1. The van der Waals surface area contributed by atoms with Gasteiger partial charge in [-0.3, -0.25) is 4.79 Å². The summed E-state index contributed by atoms with van der Waals surface area (Å²) in [5, 5.41) is 4.69. The van der Waals surface area contributed by atoms with Crippen molar-refractivity contribution in [2.75, 3.05) is 5.32 Å². The fraction of sp³-hybridized carbons (Fsp3) is 0.0833. The number of thiophene rings is 1. The first-order valence-corrected chi connectivity index (χ1v) is 7.03. The van der Waals surface area contributed by atoms with Crippen LogP contribution < -0.4 is 5.32 Å². The van der Waals surface area contributed by atoms with Crippen molar-refractivity contribution in [3.05, 3.63) is 44.6 Å². The quantitative estimate of drug-likeness (QED) is 0.788. The van der Waals surface area contributed by atoms with Crippen LogP contribution in [-0.4, -0.2) is 5.91 Å². The van der Waals surface area contributed by atoms with Crippen LogP contribution in [0, 0.1) is 6.92 Å². The van der Waals surface area contributed by atoms with Gasteiger partial charge in [0.25, 0.3) is 5.91 Å². The third-order valence-electron chi connectivity index (χ3n) is 2.23. The molecule has 5 heteroatoms. The minimum absolute atomic E-state index is 0.1000. The zero-order chi connectivity index (χ0) is 12.4. The minimum atomic E-state index is -0.1000. The number of rotatable bonds is 2. The van der Waals surface area contributed by atoms with Gasteiger partial charge < -0.3 is 5.32 Å². The Hall–Kier alpha value is -0.780. The van der Waals surface area contributed by atoms with E-state index in [1.165, 1.54) is 11.3 Å². The second-order valence-corrected chi connectivity index (χ2v) is 5.87. The molecule has 0 aliphatic heterocycles. The van der Waals surface area contributed by atoms with Crippen molar-refractivity contribution >= 4 is 51.5 Å². The van der Waals surface area contributed by atoms with Crippen LogP contribution in [-0.2, 0) is 0 Å². The van der Waals surface area contributed by atoms with E-state index in [1.54, 1.807) is 6.07 Å². The molecule has 0 bridgehead atoms. The van der Waals surface area contributed by atoms with Gasteiger partial charge >= 0.3 is 0 Å². The van der Waals surface area contributed by atoms with Crippen LogP contribution in [0.25, 0.3) is 0 Å². The molecule has 1 N–H and O–H groups in total. The predicted molar refractivity (Wildman–Crippen MR) is 78.4 cm³/mol. The van der Waals surface area contributed by atoms with Crippen molar-refractivity contribution in [2.24, 2.45) is 0 Å². The molecule has 88 valence electrons. The lowest BCUT2D eigenvalue weighted by molar-refractivity contribution is 0.103. The van der Waals surface area contributed by atoms with Gasteiger partial charge in [0.2, 0.25) is 0 Å². The maximum atomic E-state index is 11.9. The molecule has 1 aromatic heterocycles. The van der Waals surface area contributed by atoms with Crippen LogP contribution in [0.1, 0.15) is 15.2 Å². The molecule has 0 radical (unpaired) electrons. The van der Waals surface area contributed by atoms with Gasteiger partial charge in [0.05, 0.1) is 4.88 Å². The lowest BCUT2D eigenvalue weighted by Gasteiger charge is -2.05. The summed E-state index contributed by atoms with van der Waals surface area (Å²) >= 11 is 8.99. The highest BCUT2D eigenvalue weighted by Gasteiger charge is 2.08. The SMILES string of the molecule is Cc1cc(NC(=O)c2cc(S)cs2)ccc1Br. The fourth-order valence-electron chi connectivity index (χ4n) is 1.36. The molecule has 0 aliphatic carbocycles. The van der Waals surface area contributed by atoms with Gasteiger partial charge in [-0.25, -0.2) is 0 Å². The van der Waals surface area contributed by atoms with Gasteiger partial charge in [-0.15, -0.1) is 24.0 Å². The summed E-state index contributed by atoms with van der Waals surface area (Å²) < 4.78 is 1.03. The third kappa shape index (κ3) is 3.12. The Morgan fingerprint density at radius 3 is 2.76 bits per heavy atom. The van der Waals surface area contributed by atoms with Gasteiger partial charge in [-0.05, 0) is 36.8 Å². The topological polar surface area (TPSA) is 29.1 Å². The zero-order valence-corrected chi connectivity index (χ0v) is 12.3. The van der Waals surface area contributed by atoms with Gasteiger partial charge in [0.15, 0.2) is 0 Å². The van der Waals surface area contributed by atoms with Crippen LogP contribution in [0.3, 0.4) is 0 Å². The van der Waals surface area contributed by atoms with Gasteiger partial charge in [0.1, 0.15) is 0 Å². The molecule has 2 nitrogen and oxygen atoms in total. The molecule has 1 aromatic carbocycles. The Balaban J connectivity index is 2.15. The van der Waals surface area contributed by atoms with E-state index < -0.39 is 0 Å². The van der Waals surface area contributed by atoms with Crippen molar-refractivity contribution in [1.82, 2.24) is 0 Å². The molecule has 0 fully saturated rings. The highest BCUT2D eigenvalue weighted by atomic mass is 79.9. The number of anilines is 1. The summed E-state index contributed by atoms with van der Waals surface area (Å²) in [6.07, 6.45) is 0. The smallest absolute Gasteiger partial charge is 0.265 e. The number of nitrogens with one attached hydrogen (secondary N) is 1. The van der Waals surface area contributed by atoms with Crippen LogP contribution in [0.15, 0.2) is 39.0 Å². The molecule has 1 amide bonds. The van der Waals surface area contributed by atoms with Gasteiger partial charge in [-0.1, -0.05) is 15.9 Å². The second kappa shape index (κ2) is 5.25. The highest BCUT2D eigenvalue weighted by molar-refractivity contribution is 9.10. The third-order valence-corrected chi connectivity index (χ3v) is 4.48. The van der Waals surface area contributed by atoms with Crippen LogP contribution in [0.4, 0.5) is 5.69 Å². The average Bonchev–Trinajstić information content (AvgIpc) is 2.70. The Morgan fingerprint density at radius 1 is 1.41 bits per heavy atom. The molecule has 0 saturated carbocycles. The number of benzene rings is 1. The molecule has 2 rings (SSSR count). The molecular formula is C12H10BrNOS2. The second-order valence-electron chi connectivity index (χ2n) is 3.59. The number of carbonyl (C=O) groups excluding carboxylic acids is 1. The maximum Gasteiger partial charge on any atom is 0.265 e. The highest BCUT2D eigenvalue weighted by Crippen LogP contribution is 2.22. The molecule has 0 unspecified atom stereocenters. The van der Waals surface area contributed by atoms with Gasteiger partial charge in [0, 0.05) is 20.4 Å². The van der Waals surface area contributed by atoms with E-state index in [-0.39, 0.29) is 5.91 Å². The van der Waals surface area contributed by atoms with Crippen molar-refractivity contribution in [3.63, 3.8) is 0 Å². The van der Waals surface area contributed by atoms with Crippen molar-refractivity contribution < 1.29 is 4.79 Å². The Bertz CT molecular complexity index is 565. The van der Waals surface area contributed by atoms with Crippen molar-refractivity contribution in [2.45, 2.75) is 11.8 Å². The minimum Gasteiger partial charge on any atom is -0.321 e. The number of halogens is 1. The summed E-state index contributed by atoms with van der Waals surface area (Å²) in [4.78, 5) is 13.4. The summed E-state index contributed by atoms with van der Waals surface area (Å²) in [6.45, 7) is 1.98. The number of aryl methyl sites for hydroxylation is 1. The molecular weight excluding hydrogens is 318 g/mol. The monoisotopic (exact) mass is 327 g/mol. The lowest BCUT2D eigenvalue weighted by atomic mass is 10.2. The van der Waals surface area contributed by atoms with E-state index in [0.29, 0.717) is 4.88 Å². The molecule has 0 aliphatic rings. The van der Waals surface area contributed by atoms with Crippen LogP contribution in [0.2, 0.25) is 0 Å². The standard InChI is InChI=1S/C12H10BrNOS2/c1-7-4-8(2-3-10(7)13)14-12(15)11-5-9(16)6-17-11/h2-6,16H,1H3,(H,14,15). The van der Waals surface area contributed by atoms with E-state index in [1.807, 2.05) is 30.5 Å². The Kier molecular flexibility index (Phi) is 3.91. The first-order valence-electron chi connectivity index (χ1n) is 4.91. The average molecular weight is 328 g/mol. The molecule has 1 heterocycles.